The number of carbonyl (C=O) groups excluding carboxylic acids is 2. The number of hydrogen-bond donors (Lipinski definition) is 0. The molecule has 1 aromatic heterocycles. The number of rotatable bonds is 2. The SMILES string of the molecule is COC(=O)c1[se]c(C(=O)OC)c(C)c1C. The van der Waals surface area contributed by atoms with Gasteiger partial charge >= 0.3 is 93.6 Å². The van der Waals surface area contributed by atoms with Gasteiger partial charge in [-0.3, -0.25) is 0 Å². The van der Waals surface area contributed by atoms with Gasteiger partial charge in [0.05, 0.1) is 0 Å². The molecule has 1 rings (SSSR count). The van der Waals surface area contributed by atoms with Gasteiger partial charge in [-0.25, -0.2) is 0 Å². The zero-order chi connectivity index (χ0) is 11.6. The summed E-state index contributed by atoms with van der Waals surface area (Å²) < 4.78 is 10.5. The Balaban J connectivity index is 3.24. The van der Waals surface area contributed by atoms with Gasteiger partial charge < -0.3 is 0 Å². The molecule has 0 unspecified atom stereocenters. The molecule has 0 spiro atoms. The van der Waals surface area contributed by atoms with Crippen LogP contribution in [0, 0.1) is 13.8 Å². The van der Waals surface area contributed by atoms with E-state index >= 15 is 0 Å². The van der Waals surface area contributed by atoms with Crippen molar-refractivity contribution in [3.63, 3.8) is 0 Å². The molecule has 0 fully saturated rings. The van der Waals surface area contributed by atoms with Crippen LogP contribution < -0.4 is 0 Å². The van der Waals surface area contributed by atoms with Crippen molar-refractivity contribution < 1.29 is 19.1 Å². The van der Waals surface area contributed by atoms with Crippen molar-refractivity contribution in [1.29, 1.82) is 0 Å². The predicted octanol–water partition coefficient (Wildman–Crippen LogP) is 0.934. The number of ether oxygens (including phenoxy) is 2. The van der Waals surface area contributed by atoms with E-state index in [1.54, 1.807) is 0 Å². The maximum atomic E-state index is 11.4. The standard InChI is InChI=1S/C10H12O4Se/c1-5-6(2)8(10(12)14-4)15-7(5)9(11)13-3/h1-4H3. The first-order valence-corrected chi connectivity index (χ1v) is 6.00. The van der Waals surface area contributed by atoms with Gasteiger partial charge in [-0.1, -0.05) is 0 Å². The normalized spacial score (nSPS) is 9.87. The summed E-state index contributed by atoms with van der Waals surface area (Å²) in [5, 5.41) is 0. The number of esters is 2. The fourth-order valence-corrected chi connectivity index (χ4v) is 3.58. The Morgan fingerprint density at radius 1 is 0.933 bits per heavy atom. The molecule has 0 aromatic carbocycles. The number of methoxy groups -OCH3 is 2. The topological polar surface area (TPSA) is 52.6 Å². The number of hydrogen-bond acceptors (Lipinski definition) is 4. The fraction of sp³-hybridized carbons (Fsp3) is 0.400. The second-order valence-corrected chi connectivity index (χ2v) is 5.13. The minimum absolute atomic E-state index is 0.297. The summed E-state index contributed by atoms with van der Waals surface area (Å²) in [7, 11) is 2.67. The molecular weight excluding hydrogens is 263 g/mol. The van der Waals surface area contributed by atoms with Crippen molar-refractivity contribution >= 4 is 26.4 Å². The monoisotopic (exact) mass is 276 g/mol. The zero-order valence-corrected chi connectivity index (χ0v) is 10.8. The van der Waals surface area contributed by atoms with Gasteiger partial charge in [0.1, 0.15) is 0 Å². The van der Waals surface area contributed by atoms with E-state index in [0.29, 0.717) is 8.87 Å². The average molecular weight is 275 g/mol. The molecule has 82 valence electrons. The molecule has 0 atom stereocenters. The Kier molecular flexibility index (Phi) is 3.71. The summed E-state index contributed by atoms with van der Waals surface area (Å²) in [5.41, 5.74) is 1.67. The van der Waals surface area contributed by atoms with Crippen LogP contribution in [-0.2, 0) is 9.47 Å². The molecule has 0 aliphatic rings. The summed E-state index contributed by atoms with van der Waals surface area (Å²) in [5.74, 6) is -0.712. The van der Waals surface area contributed by atoms with E-state index in [4.69, 9.17) is 0 Å². The van der Waals surface area contributed by atoms with Crippen LogP contribution in [0.25, 0.3) is 0 Å². The van der Waals surface area contributed by atoms with Crippen LogP contribution in [0.4, 0.5) is 0 Å². The quantitative estimate of drug-likeness (QED) is 0.595. The third-order valence-corrected chi connectivity index (χ3v) is 5.03. The van der Waals surface area contributed by atoms with Crippen molar-refractivity contribution in [1.82, 2.24) is 0 Å². The molecule has 0 N–H and O–H groups in total. The van der Waals surface area contributed by atoms with Crippen LogP contribution in [0.3, 0.4) is 0 Å². The van der Waals surface area contributed by atoms with E-state index in [2.05, 4.69) is 9.47 Å². The Labute approximate surface area is 93.9 Å². The minimum atomic E-state index is -0.356. The van der Waals surface area contributed by atoms with Gasteiger partial charge in [-0.05, 0) is 0 Å². The third-order valence-electron chi connectivity index (χ3n) is 2.19. The molecule has 0 aliphatic heterocycles. The molecule has 0 saturated heterocycles. The number of carbonyl (C=O) groups is 2. The Bertz CT molecular complexity index is 369. The van der Waals surface area contributed by atoms with E-state index in [0.717, 1.165) is 11.1 Å². The molecule has 1 aromatic rings. The molecule has 4 nitrogen and oxygen atoms in total. The molecule has 0 saturated carbocycles. The van der Waals surface area contributed by atoms with Gasteiger partial charge in [0.15, 0.2) is 0 Å². The molecule has 0 bridgehead atoms. The van der Waals surface area contributed by atoms with Gasteiger partial charge in [-0.15, -0.1) is 0 Å². The van der Waals surface area contributed by atoms with Crippen LogP contribution in [0.2, 0.25) is 0 Å². The summed E-state index contributed by atoms with van der Waals surface area (Å²) in [6, 6.07) is 0. The van der Waals surface area contributed by atoms with Gasteiger partial charge in [-0.2, -0.15) is 0 Å². The van der Waals surface area contributed by atoms with Crippen LogP contribution in [-0.4, -0.2) is 40.7 Å². The van der Waals surface area contributed by atoms with Crippen molar-refractivity contribution in [3.05, 3.63) is 20.0 Å². The Morgan fingerprint density at radius 2 is 1.27 bits per heavy atom. The summed E-state index contributed by atoms with van der Waals surface area (Å²) in [6.07, 6.45) is 0. The predicted molar refractivity (Wildman–Crippen MR) is 55.5 cm³/mol. The van der Waals surface area contributed by atoms with Gasteiger partial charge in [0.25, 0.3) is 0 Å². The molecule has 5 heteroatoms. The van der Waals surface area contributed by atoms with Crippen molar-refractivity contribution in [2.45, 2.75) is 13.8 Å². The average Bonchev–Trinajstić information content (AvgIpc) is 2.54. The molecule has 0 aliphatic carbocycles. The van der Waals surface area contributed by atoms with E-state index < -0.39 is 0 Å². The molecule has 0 radical (unpaired) electrons. The van der Waals surface area contributed by atoms with Crippen LogP contribution in [0.1, 0.15) is 29.6 Å². The summed E-state index contributed by atoms with van der Waals surface area (Å²) in [4.78, 5) is 22.8. The van der Waals surface area contributed by atoms with Gasteiger partial charge in [0, 0.05) is 0 Å². The fourth-order valence-electron chi connectivity index (χ4n) is 1.17. The first-order valence-electron chi connectivity index (χ1n) is 4.29. The zero-order valence-electron chi connectivity index (χ0n) is 9.04. The Hall–Kier alpha value is -1.06. The van der Waals surface area contributed by atoms with Gasteiger partial charge in [0.2, 0.25) is 0 Å². The Morgan fingerprint density at radius 3 is 1.53 bits per heavy atom. The van der Waals surface area contributed by atoms with Crippen molar-refractivity contribution in [2.75, 3.05) is 14.2 Å². The van der Waals surface area contributed by atoms with Crippen LogP contribution >= 0.6 is 0 Å². The van der Waals surface area contributed by atoms with E-state index in [9.17, 15) is 9.59 Å². The first-order chi connectivity index (χ1) is 7.02. The summed E-state index contributed by atoms with van der Waals surface area (Å²) in [6.45, 7) is 3.64. The van der Waals surface area contributed by atoms with E-state index in [1.165, 1.54) is 14.2 Å². The van der Waals surface area contributed by atoms with Crippen LogP contribution in [0.5, 0.6) is 0 Å². The maximum absolute atomic E-state index is 11.4. The van der Waals surface area contributed by atoms with E-state index in [-0.39, 0.29) is 26.4 Å². The molecular formula is C10H12O4Se. The van der Waals surface area contributed by atoms with Crippen molar-refractivity contribution in [3.8, 4) is 0 Å². The van der Waals surface area contributed by atoms with Crippen molar-refractivity contribution in [2.24, 2.45) is 0 Å². The van der Waals surface area contributed by atoms with E-state index in [1.807, 2.05) is 13.8 Å². The first kappa shape index (κ1) is 12.0. The second-order valence-electron chi connectivity index (χ2n) is 2.99. The molecule has 1 heterocycles. The molecule has 15 heavy (non-hydrogen) atoms. The summed E-state index contributed by atoms with van der Waals surface area (Å²) >= 11 is -0.297. The second kappa shape index (κ2) is 4.64. The molecule has 0 amide bonds. The third kappa shape index (κ3) is 2.13. The van der Waals surface area contributed by atoms with Crippen LogP contribution in [0.15, 0.2) is 0 Å².